The number of halogens is 1. The standard InChI is InChI=1S/C22H23BrN4O3S/c1-12-4-6-15-18(8-12)31-21-19(15)22(29)27(11-24-21)13(2)20(28)26-25-10-14-5-7-17(30-3)16(23)9-14/h5,7,9-13H,4,6,8H2,1-3H3,(H,26,28)/b25-10+/t12-,13-/m0/s1. The third-order valence-electron chi connectivity index (χ3n) is 5.60. The Balaban J connectivity index is 1.53. The van der Waals surface area contributed by atoms with Crippen molar-refractivity contribution in [2.75, 3.05) is 7.11 Å². The van der Waals surface area contributed by atoms with Gasteiger partial charge in [0.05, 0.1) is 29.5 Å². The summed E-state index contributed by atoms with van der Waals surface area (Å²) in [7, 11) is 1.59. The molecule has 2 heterocycles. The maximum Gasteiger partial charge on any atom is 0.263 e. The highest BCUT2D eigenvalue weighted by molar-refractivity contribution is 9.10. The third kappa shape index (κ3) is 4.29. The number of nitrogens with zero attached hydrogens (tertiary/aromatic N) is 3. The van der Waals surface area contributed by atoms with E-state index in [1.54, 1.807) is 31.4 Å². The number of rotatable bonds is 5. The van der Waals surface area contributed by atoms with Crippen LogP contribution in [0.25, 0.3) is 10.2 Å². The van der Waals surface area contributed by atoms with Gasteiger partial charge in [0.1, 0.15) is 16.6 Å². The summed E-state index contributed by atoms with van der Waals surface area (Å²) in [5, 5.41) is 4.69. The smallest absolute Gasteiger partial charge is 0.263 e. The maximum absolute atomic E-state index is 13.2. The number of methoxy groups -OCH3 is 1. The Hall–Kier alpha value is -2.52. The van der Waals surface area contributed by atoms with Crippen molar-refractivity contribution < 1.29 is 9.53 Å². The second-order valence-electron chi connectivity index (χ2n) is 7.79. The molecule has 3 aromatic rings. The fourth-order valence-electron chi connectivity index (χ4n) is 3.77. The van der Waals surface area contributed by atoms with Crippen LogP contribution >= 0.6 is 27.3 Å². The van der Waals surface area contributed by atoms with Crippen molar-refractivity contribution in [2.45, 2.75) is 39.2 Å². The van der Waals surface area contributed by atoms with Crippen LogP contribution < -0.4 is 15.7 Å². The van der Waals surface area contributed by atoms with E-state index in [-0.39, 0.29) is 11.5 Å². The number of aryl methyl sites for hydroxylation is 1. The van der Waals surface area contributed by atoms with E-state index >= 15 is 0 Å². The van der Waals surface area contributed by atoms with Gasteiger partial charge in [-0.15, -0.1) is 11.3 Å². The number of carbonyl (C=O) groups is 1. The van der Waals surface area contributed by atoms with Gasteiger partial charge in [0.25, 0.3) is 11.5 Å². The van der Waals surface area contributed by atoms with Crippen LogP contribution in [0, 0.1) is 5.92 Å². The normalized spacial score (nSPS) is 17.0. The highest BCUT2D eigenvalue weighted by atomic mass is 79.9. The molecule has 162 valence electrons. The molecule has 1 amide bonds. The Labute approximate surface area is 192 Å². The minimum Gasteiger partial charge on any atom is -0.496 e. The van der Waals surface area contributed by atoms with Crippen molar-refractivity contribution in [1.29, 1.82) is 0 Å². The van der Waals surface area contributed by atoms with Gasteiger partial charge in [0.15, 0.2) is 0 Å². The SMILES string of the molecule is COc1ccc(/C=N/NC(=O)[C@H](C)n2cnc3sc4c(c3c2=O)CC[C@H](C)C4)cc1Br. The van der Waals surface area contributed by atoms with Crippen molar-refractivity contribution in [2.24, 2.45) is 11.0 Å². The van der Waals surface area contributed by atoms with Crippen LogP contribution in [0.4, 0.5) is 0 Å². The summed E-state index contributed by atoms with van der Waals surface area (Å²) in [6, 6.07) is 4.73. The molecule has 31 heavy (non-hydrogen) atoms. The van der Waals surface area contributed by atoms with Crippen LogP contribution in [0.3, 0.4) is 0 Å². The maximum atomic E-state index is 13.2. The number of hydrazone groups is 1. The predicted octanol–water partition coefficient (Wildman–Crippen LogP) is 4.07. The summed E-state index contributed by atoms with van der Waals surface area (Å²) < 4.78 is 7.38. The van der Waals surface area contributed by atoms with Gasteiger partial charge in [-0.05, 0) is 77.4 Å². The number of aromatic nitrogens is 2. The van der Waals surface area contributed by atoms with Gasteiger partial charge in [0.2, 0.25) is 0 Å². The van der Waals surface area contributed by atoms with Gasteiger partial charge in [0, 0.05) is 4.88 Å². The van der Waals surface area contributed by atoms with Crippen LogP contribution in [0.5, 0.6) is 5.75 Å². The minimum absolute atomic E-state index is 0.164. The Morgan fingerprint density at radius 2 is 2.29 bits per heavy atom. The summed E-state index contributed by atoms with van der Waals surface area (Å²) in [5.74, 6) is 0.948. The van der Waals surface area contributed by atoms with Gasteiger partial charge in [-0.3, -0.25) is 14.2 Å². The minimum atomic E-state index is -0.734. The van der Waals surface area contributed by atoms with Gasteiger partial charge < -0.3 is 4.74 Å². The number of fused-ring (bicyclic) bond motifs is 3. The molecule has 0 fully saturated rings. The zero-order valence-electron chi connectivity index (χ0n) is 17.5. The average Bonchev–Trinajstić information content (AvgIpc) is 3.12. The lowest BCUT2D eigenvalue weighted by atomic mass is 9.89. The Morgan fingerprint density at radius 3 is 3.03 bits per heavy atom. The first-order valence-corrected chi connectivity index (χ1v) is 11.7. The second kappa shape index (κ2) is 8.92. The molecule has 0 unspecified atom stereocenters. The first kappa shape index (κ1) is 21.7. The third-order valence-corrected chi connectivity index (χ3v) is 7.38. The van der Waals surface area contributed by atoms with Crippen molar-refractivity contribution in [3.63, 3.8) is 0 Å². The van der Waals surface area contributed by atoms with Crippen LogP contribution in [0.1, 0.15) is 42.3 Å². The van der Waals surface area contributed by atoms with Crippen molar-refractivity contribution in [3.8, 4) is 5.75 Å². The van der Waals surface area contributed by atoms with E-state index in [2.05, 4.69) is 38.4 Å². The molecule has 1 aliphatic rings. The van der Waals surface area contributed by atoms with Gasteiger partial charge in [-0.25, -0.2) is 10.4 Å². The summed E-state index contributed by atoms with van der Waals surface area (Å²) in [6.07, 6.45) is 5.95. The Bertz CT molecular complexity index is 1230. The first-order valence-electron chi connectivity index (χ1n) is 10.1. The fraction of sp³-hybridized carbons (Fsp3) is 0.364. The van der Waals surface area contributed by atoms with Gasteiger partial charge in [-0.1, -0.05) is 6.92 Å². The Morgan fingerprint density at radius 1 is 1.48 bits per heavy atom. The van der Waals surface area contributed by atoms with Crippen molar-refractivity contribution in [1.82, 2.24) is 15.0 Å². The number of thiophene rings is 1. The molecule has 2 atom stereocenters. The second-order valence-corrected chi connectivity index (χ2v) is 9.73. The number of benzene rings is 1. The molecule has 0 spiro atoms. The number of hydrogen-bond donors (Lipinski definition) is 1. The number of carbonyl (C=O) groups excluding carboxylic acids is 1. The Kier molecular flexibility index (Phi) is 6.24. The topological polar surface area (TPSA) is 85.6 Å². The van der Waals surface area contributed by atoms with Crippen LogP contribution in [0.2, 0.25) is 0 Å². The molecule has 1 aromatic carbocycles. The molecule has 4 rings (SSSR count). The average molecular weight is 503 g/mol. The summed E-state index contributed by atoms with van der Waals surface area (Å²) in [6.45, 7) is 3.90. The first-order chi connectivity index (χ1) is 14.9. The molecule has 1 aliphatic carbocycles. The summed E-state index contributed by atoms with van der Waals surface area (Å²) >= 11 is 5.02. The summed E-state index contributed by atoms with van der Waals surface area (Å²) in [4.78, 5) is 32.3. The van der Waals surface area contributed by atoms with Crippen LogP contribution in [-0.2, 0) is 17.6 Å². The van der Waals surface area contributed by atoms with E-state index in [0.29, 0.717) is 17.1 Å². The molecule has 0 aliphatic heterocycles. The lowest BCUT2D eigenvalue weighted by molar-refractivity contribution is -0.123. The highest BCUT2D eigenvalue weighted by Crippen LogP contribution is 2.35. The number of hydrogen-bond acceptors (Lipinski definition) is 6. The van der Waals surface area contributed by atoms with E-state index < -0.39 is 6.04 Å². The number of amides is 1. The van der Waals surface area contributed by atoms with Crippen LogP contribution in [0.15, 0.2) is 38.9 Å². The molecule has 0 saturated heterocycles. The molecule has 2 aromatic heterocycles. The zero-order valence-corrected chi connectivity index (χ0v) is 19.9. The fourth-order valence-corrected chi connectivity index (χ4v) is 5.67. The van der Waals surface area contributed by atoms with Gasteiger partial charge >= 0.3 is 0 Å². The van der Waals surface area contributed by atoms with E-state index in [0.717, 1.165) is 39.7 Å². The molecule has 9 heteroatoms. The van der Waals surface area contributed by atoms with Crippen molar-refractivity contribution in [3.05, 3.63) is 55.4 Å². The molecule has 7 nitrogen and oxygen atoms in total. The lowest BCUT2D eigenvalue weighted by Crippen LogP contribution is -2.34. The van der Waals surface area contributed by atoms with E-state index in [9.17, 15) is 9.59 Å². The quantitative estimate of drug-likeness (QED) is 0.420. The molecule has 0 bridgehead atoms. The monoisotopic (exact) mass is 502 g/mol. The highest BCUT2D eigenvalue weighted by Gasteiger charge is 2.25. The lowest BCUT2D eigenvalue weighted by Gasteiger charge is -2.18. The molecular formula is C22H23BrN4O3S. The van der Waals surface area contributed by atoms with E-state index in [1.165, 1.54) is 22.0 Å². The van der Waals surface area contributed by atoms with Crippen LogP contribution in [-0.4, -0.2) is 28.8 Å². The van der Waals surface area contributed by atoms with Gasteiger partial charge in [-0.2, -0.15) is 5.10 Å². The molecule has 0 radical (unpaired) electrons. The van der Waals surface area contributed by atoms with Crippen molar-refractivity contribution >= 4 is 49.6 Å². The molecule has 0 saturated carbocycles. The van der Waals surface area contributed by atoms with E-state index in [4.69, 9.17) is 4.74 Å². The summed E-state index contributed by atoms with van der Waals surface area (Å²) in [5.41, 5.74) is 4.25. The van der Waals surface area contributed by atoms with E-state index in [1.807, 2.05) is 12.1 Å². The number of nitrogens with one attached hydrogen (secondary N) is 1. The zero-order chi connectivity index (χ0) is 22.1. The predicted molar refractivity (Wildman–Crippen MR) is 126 cm³/mol. The largest absolute Gasteiger partial charge is 0.496 e. The molecular weight excluding hydrogens is 480 g/mol. The molecule has 1 N–H and O–H groups in total. The number of ether oxygens (including phenoxy) is 1.